The Bertz CT molecular complexity index is 666. The second kappa shape index (κ2) is 7.66. The molecule has 24 heavy (non-hydrogen) atoms. The number of aryl methyl sites for hydroxylation is 2. The van der Waals surface area contributed by atoms with Gasteiger partial charge in [0, 0.05) is 11.6 Å². The van der Waals surface area contributed by atoms with Gasteiger partial charge in [-0.2, -0.15) is 0 Å². The molecule has 1 heterocycles. The minimum Gasteiger partial charge on any atom is -0.349 e. The first-order valence-corrected chi connectivity index (χ1v) is 8.76. The van der Waals surface area contributed by atoms with Gasteiger partial charge < -0.3 is 14.8 Å². The number of morpholine rings is 1. The molecule has 0 unspecified atom stereocenters. The molecule has 0 radical (unpaired) electrons. The number of halogens is 1. The van der Waals surface area contributed by atoms with Gasteiger partial charge in [-0.15, -0.1) is 0 Å². The fraction of sp³-hybridized carbons (Fsp3) is 0.400. The van der Waals surface area contributed by atoms with Gasteiger partial charge in [-0.3, -0.25) is 0 Å². The van der Waals surface area contributed by atoms with Gasteiger partial charge in [0.1, 0.15) is 0 Å². The molecule has 2 aromatic rings. The number of hydrogen-bond donors (Lipinski definition) is 1. The molecule has 1 saturated heterocycles. The van der Waals surface area contributed by atoms with Crippen LogP contribution in [0.3, 0.4) is 0 Å². The zero-order valence-corrected chi connectivity index (χ0v) is 15.1. The lowest BCUT2D eigenvalue weighted by Gasteiger charge is -2.34. The summed E-state index contributed by atoms with van der Waals surface area (Å²) in [4.78, 5) is 0. The summed E-state index contributed by atoms with van der Waals surface area (Å²) in [6, 6.07) is 14.5. The van der Waals surface area contributed by atoms with E-state index in [1.54, 1.807) is 0 Å². The third-order valence-electron chi connectivity index (χ3n) is 4.45. The minimum absolute atomic E-state index is 0.0388. The van der Waals surface area contributed by atoms with Crippen molar-refractivity contribution in [2.45, 2.75) is 39.2 Å². The molecule has 1 fully saturated rings. The predicted molar refractivity (Wildman–Crippen MR) is 97.4 cm³/mol. The van der Waals surface area contributed by atoms with E-state index in [2.05, 4.69) is 36.5 Å². The molecule has 1 N–H and O–H groups in total. The quantitative estimate of drug-likeness (QED) is 0.869. The third-order valence-corrected chi connectivity index (χ3v) is 5.04. The van der Waals surface area contributed by atoms with Gasteiger partial charge in [-0.25, -0.2) is 0 Å². The summed E-state index contributed by atoms with van der Waals surface area (Å²) in [7, 11) is 0. The molecule has 3 rings (SSSR count). The van der Waals surface area contributed by atoms with Gasteiger partial charge in [0.05, 0.1) is 18.8 Å². The summed E-state index contributed by atoms with van der Waals surface area (Å²) in [6.45, 7) is 7.59. The van der Waals surface area contributed by atoms with E-state index in [1.165, 1.54) is 5.56 Å². The van der Waals surface area contributed by atoms with E-state index in [-0.39, 0.29) is 18.4 Å². The molecule has 1 aliphatic heterocycles. The highest BCUT2D eigenvalue weighted by Crippen LogP contribution is 2.31. The zero-order chi connectivity index (χ0) is 17.1. The van der Waals surface area contributed by atoms with E-state index in [0.29, 0.717) is 6.61 Å². The van der Waals surface area contributed by atoms with E-state index < -0.39 is 0 Å². The van der Waals surface area contributed by atoms with E-state index >= 15 is 0 Å². The summed E-state index contributed by atoms with van der Waals surface area (Å²) in [6.07, 6.45) is -0.386. The molecule has 0 spiro atoms. The smallest absolute Gasteiger partial charge is 0.177 e. The predicted octanol–water partition coefficient (Wildman–Crippen LogP) is 4.72. The van der Waals surface area contributed by atoms with Crippen molar-refractivity contribution < 1.29 is 9.47 Å². The SMILES string of the molecule is Cc1cc([C@@H](C)O[C@H]2OCCN[C@H]2c2ccccc2)cc(C)c1Cl. The Hall–Kier alpha value is -1.39. The maximum atomic E-state index is 6.27. The van der Waals surface area contributed by atoms with Crippen LogP contribution in [0.2, 0.25) is 5.02 Å². The average molecular weight is 346 g/mol. The summed E-state index contributed by atoms with van der Waals surface area (Å²) < 4.78 is 12.2. The van der Waals surface area contributed by atoms with E-state index in [9.17, 15) is 0 Å². The van der Waals surface area contributed by atoms with Crippen LogP contribution in [-0.2, 0) is 9.47 Å². The highest BCUT2D eigenvalue weighted by atomic mass is 35.5. The lowest BCUT2D eigenvalue weighted by Crippen LogP contribution is -2.43. The Labute approximate surface area is 148 Å². The third kappa shape index (κ3) is 3.81. The van der Waals surface area contributed by atoms with Crippen LogP contribution in [0, 0.1) is 13.8 Å². The van der Waals surface area contributed by atoms with Crippen molar-refractivity contribution in [1.29, 1.82) is 0 Å². The first kappa shape index (κ1) is 17.4. The molecule has 3 nitrogen and oxygen atoms in total. The second-order valence-corrected chi connectivity index (χ2v) is 6.71. The number of benzene rings is 2. The van der Waals surface area contributed by atoms with Crippen molar-refractivity contribution >= 4 is 11.6 Å². The Morgan fingerprint density at radius 1 is 1.17 bits per heavy atom. The maximum absolute atomic E-state index is 6.27. The lowest BCUT2D eigenvalue weighted by molar-refractivity contribution is -0.200. The number of ether oxygens (including phenoxy) is 2. The Morgan fingerprint density at radius 2 is 1.83 bits per heavy atom. The Balaban J connectivity index is 1.78. The average Bonchev–Trinajstić information content (AvgIpc) is 2.60. The van der Waals surface area contributed by atoms with Gasteiger partial charge in [-0.05, 0) is 43.0 Å². The van der Waals surface area contributed by atoms with Crippen LogP contribution in [-0.4, -0.2) is 19.4 Å². The van der Waals surface area contributed by atoms with Crippen LogP contribution in [0.1, 0.15) is 41.3 Å². The Kier molecular flexibility index (Phi) is 5.57. The molecule has 0 bridgehead atoms. The summed E-state index contributed by atoms with van der Waals surface area (Å²) >= 11 is 6.27. The van der Waals surface area contributed by atoms with Crippen LogP contribution < -0.4 is 5.32 Å². The normalized spacial score (nSPS) is 22.3. The summed E-state index contributed by atoms with van der Waals surface area (Å²) in [5.41, 5.74) is 4.45. The van der Waals surface area contributed by atoms with Crippen LogP contribution >= 0.6 is 11.6 Å². The lowest BCUT2D eigenvalue weighted by atomic mass is 10.0. The second-order valence-electron chi connectivity index (χ2n) is 6.33. The van der Waals surface area contributed by atoms with Crippen molar-refractivity contribution in [1.82, 2.24) is 5.32 Å². The number of hydrogen-bond acceptors (Lipinski definition) is 3. The van der Waals surface area contributed by atoms with Crippen molar-refractivity contribution in [3.05, 3.63) is 69.7 Å². The topological polar surface area (TPSA) is 30.5 Å². The summed E-state index contributed by atoms with van der Waals surface area (Å²) in [5.74, 6) is 0. The molecule has 0 saturated carbocycles. The fourth-order valence-electron chi connectivity index (χ4n) is 3.13. The van der Waals surface area contributed by atoms with Gasteiger partial charge in [0.25, 0.3) is 0 Å². The van der Waals surface area contributed by atoms with Gasteiger partial charge in [-0.1, -0.05) is 54.1 Å². The van der Waals surface area contributed by atoms with E-state index in [0.717, 1.165) is 28.3 Å². The molecule has 3 atom stereocenters. The molecular weight excluding hydrogens is 322 g/mol. The van der Waals surface area contributed by atoms with E-state index in [4.69, 9.17) is 21.1 Å². The van der Waals surface area contributed by atoms with Crippen LogP contribution in [0.25, 0.3) is 0 Å². The van der Waals surface area contributed by atoms with Crippen molar-refractivity contribution in [2.24, 2.45) is 0 Å². The molecule has 0 amide bonds. The van der Waals surface area contributed by atoms with Crippen LogP contribution in [0.4, 0.5) is 0 Å². The highest BCUT2D eigenvalue weighted by Gasteiger charge is 2.29. The monoisotopic (exact) mass is 345 g/mol. The molecule has 1 aliphatic rings. The van der Waals surface area contributed by atoms with Crippen molar-refractivity contribution in [3.8, 4) is 0 Å². The zero-order valence-electron chi connectivity index (χ0n) is 14.4. The van der Waals surface area contributed by atoms with E-state index in [1.807, 2.05) is 32.0 Å². The number of nitrogens with one attached hydrogen (secondary N) is 1. The van der Waals surface area contributed by atoms with Crippen molar-refractivity contribution in [2.75, 3.05) is 13.2 Å². The maximum Gasteiger partial charge on any atom is 0.177 e. The molecule has 0 aliphatic carbocycles. The van der Waals surface area contributed by atoms with Crippen molar-refractivity contribution in [3.63, 3.8) is 0 Å². The summed E-state index contributed by atoms with van der Waals surface area (Å²) in [5, 5.41) is 4.33. The highest BCUT2D eigenvalue weighted by molar-refractivity contribution is 6.32. The van der Waals surface area contributed by atoms with Gasteiger partial charge >= 0.3 is 0 Å². The minimum atomic E-state index is -0.313. The first-order valence-electron chi connectivity index (χ1n) is 8.38. The molecule has 128 valence electrons. The van der Waals surface area contributed by atoms with Crippen LogP contribution in [0.15, 0.2) is 42.5 Å². The Morgan fingerprint density at radius 3 is 2.50 bits per heavy atom. The van der Waals surface area contributed by atoms with Crippen LogP contribution in [0.5, 0.6) is 0 Å². The first-order chi connectivity index (χ1) is 11.6. The molecular formula is C20H24ClNO2. The largest absolute Gasteiger partial charge is 0.349 e. The molecule has 2 aromatic carbocycles. The molecule has 0 aromatic heterocycles. The molecule has 4 heteroatoms. The van der Waals surface area contributed by atoms with Gasteiger partial charge in [0.15, 0.2) is 6.29 Å². The standard InChI is InChI=1S/C20H24ClNO2/c1-13-11-17(12-14(2)18(13)21)15(3)24-20-19(22-9-10-23-20)16-7-5-4-6-8-16/h4-8,11-12,15,19-20,22H,9-10H2,1-3H3/t15-,19+,20-/m1/s1. The number of rotatable bonds is 4. The fourth-order valence-corrected chi connectivity index (χ4v) is 3.24. The van der Waals surface area contributed by atoms with Gasteiger partial charge in [0.2, 0.25) is 0 Å².